The summed E-state index contributed by atoms with van der Waals surface area (Å²) in [5.74, 6) is 1.24. The monoisotopic (exact) mass is 379 g/mol. The van der Waals surface area contributed by atoms with E-state index in [1.165, 1.54) is 0 Å². The molecule has 9 heteroatoms. The number of nitrogens with zero attached hydrogens (tertiary/aromatic N) is 4. The van der Waals surface area contributed by atoms with E-state index < -0.39 is 10.0 Å². The largest absolute Gasteiger partial charge is 0.361 e. The zero-order valence-corrected chi connectivity index (χ0v) is 16.2. The lowest BCUT2D eigenvalue weighted by molar-refractivity contribution is 0.312. The first-order valence-electron chi connectivity index (χ1n) is 8.62. The molecule has 0 aliphatic carbocycles. The van der Waals surface area contributed by atoms with Crippen molar-refractivity contribution < 1.29 is 12.9 Å². The van der Waals surface area contributed by atoms with Crippen LogP contribution in [0.25, 0.3) is 0 Å². The highest BCUT2D eigenvalue weighted by molar-refractivity contribution is 7.88. The van der Waals surface area contributed by atoms with E-state index >= 15 is 0 Å². The van der Waals surface area contributed by atoms with Gasteiger partial charge >= 0.3 is 0 Å². The fraction of sp³-hybridized carbons (Fsp3) is 0.529. The minimum atomic E-state index is -3.51. The average molecular weight is 379 g/mol. The Morgan fingerprint density at radius 2 is 1.96 bits per heavy atom. The molecular formula is C17H25N5O3S. The molecule has 0 saturated carbocycles. The lowest BCUT2D eigenvalue weighted by Crippen LogP contribution is -2.45. The molecule has 0 radical (unpaired) electrons. The van der Waals surface area contributed by atoms with Gasteiger partial charge in [-0.3, -0.25) is 0 Å². The van der Waals surface area contributed by atoms with Crippen LogP contribution in [0.15, 0.2) is 22.9 Å². The summed E-state index contributed by atoms with van der Waals surface area (Å²) in [6.07, 6.45) is 1.75. The number of hydrogen-bond acceptors (Lipinski definition) is 7. The van der Waals surface area contributed by atoms with Crippen molar-refractivity contribution in [2.45, 2.75) is 26.1 Å². The van der Waals surface area contributed by atoms with Crippen LogP contribution in [0.1, 0.15) is 22.6 Å². The number of likely N-dealkylation sites (N-methyl/N-ethyl adjacent to an activating group) is 1. The van der Waals surface area contributed by atoms with Crippen molar-refractivity contribution in [2.24, 2.45) is 0 Å². The summed E-state index contributed by atoms with van der Waals surface area (Å²) in [6.45, 7) is 7.37. The van der Waals surface area contributed by atoms with E-state index in [-0.39, 0.29) is 12.3 Å². The van der Waals surface area contributed by atoms with E-state index in [9.17, 15) is 8.42 Å². The van der Waals surface area contributed by atoms with Crippen LogP contribution >= 0.6 is 0 Å². The molecule has 26 heavy (non-hydrogen) atoms. The molecule has 8 nitrogen and oxygen atoms in total. The molecule has 2 aromatic heterocycles. The number of sulfonamides is 1. The number of aromatic nitrogens is 2. The maximum Gasteiger partial charge on any atom is 0.216 e. The Morgan fingerprint density at radius 3 is 2.62 bits per heavy atom. The smallest absolute Gasteiger partial charge is 0.216 e. The number of nitrogens with one attached hydrogen (secondary N) is 1. The Labute approximate surface area is 154 Å². The van der Waals surface area contributed by atoms with Gasteiger partial charge in [0.15, 0.2) is 0 Å². The molecule has 3 heterocycles. The van der Waals surface area contributed by atoms with E-state index in [1.54, 1.807) is 20.0 Å². The second-order valence-electron chi connectivity index (χ2n) is 6.66. The number of aryl methyl sites for hydroxylation is 2. The van der Waals surface area contributed by atoms with Gasteiger partial charge in [-0.1, -0.05) is 11.2 Å². The van der Waals surface area contributed by atoms with E-state index in [1.807, 2.05) is 12.1 Å². The maximum atomic E-state index is 12.5. The second-order valence-corrected chi connectivity index (χ2v) is 8.47. The van der Waals surface area contributed by atoms with Crippen molar-refractivity contribution in [3.63, 3.8) is 0 Å². The first kappa shape index (κ1) is 18.8. The maximum absolute atomic E-state index is 12.5. The summed E-state index contributed by atoms with van der Waals surface area (Å²) in [7, 11) is -1.41. The van der Waals surface area contributed by atoms with Gasteiger partial charge < -0.3 is 14.3 Å². The van der Waals surface area contributed by atoms with Crippen LogP contribution in [-0.4, -0.2) is 56.7 Å². The fourth-order valence-corrected chi connectivity index (χ4v) is 4.28. The van der Waals surface area contributed by atoms with Crippen LogP contribution in [0.4, 0.5) is 5.82 Å². The second kappa shape index (κ2) is 7.73. The molecule has 142 valence electrons. The van der Waals surface area contributed by atoms with Crippen molar-refractivity contribution in [1.82, 2.24) is 19.8 Å². The van der Waals surface area contributed by atoms with Crippen LogP contribution in [-0.2, 0) is 22.3 Å². The van der Waals surface area contributed by atoms with Crippen LogP contribution < -0.4 is 9.62 Å². The third-order valence-corrected chi connectivity index (χ3v) is 5.92. The van der Waals surface area contributed by atoms with Gasteiger partial charge in [-0.15, -0.1) is 0 Å². The molecule has 0 bridgehead atoms. The van der Waals surface area contributed by atoms with Crippen molar-refractivity contribution in [3.05, 3.63) is 40.9 Å². The molecule has 1 N–H and O–H groups in total. The van der Waals surface area contributed by atoms with Gasteiger partial charge in [-0.2, -0.15) is 0 Å². The normalized spacial score (nSPS) is 16.2. The van der Waals surface area contributed by atoms with E-state index in [4.69, 9.17) is 4.52 Å². The fourth-order valence-electron chi connectivity index (χ4n) is 3.01. The van der Waals surface area contributed by atoms with Crippen LogP contribution in [0.2, 0.25) is 0 Å². The van der Waals surface area contributed by atoms with E-state index in [2.05, 4.69) is 31.7 Å². The number of hydrogen-bond donors (Lipinski definition) is 1. The Balaban J connectivity index is 1.69. The zero-order chi connectivity index (χ0) is 18.7. The summed E-state index contributed by atoms with van der Waals surface area (Å²) < 4.78 is 32.7. The first-order chi connectivity index (χ1) is 12.4. The summed E-state index contributed by atoms with van der Waals surface area (Å²) in [5, 5.41) is 3.81. The molecule has 0 atom stereocenters. The van der Waals surface area contributed by atoms with Gasteiger partial charge in [-0.25, -0.2) is 18.1 Å². The third-order valence-electron chi connectivity index (χ3n) is 4.67. The highest BCUT2D eigenvalue weighted by Gasteiger charge is 2.21. The zero-order valence-electron chi connectivity index (χ0n) is 15.4. The van der Waals surface area contributed by atoms with Gasteiger partial charge in [0.25, 0.3) is 0 Å². The molecule has 3 rings (SSSR count). The molecule has 0 amide bonds. The van der Waals surface area contributed by atoms with Gasteiger partial charge in [0.05, 0.1) is 11.4 Å². The number of piperazine rings is 1. The number of anilines is 1. The molecular weight excluding hydrogens is 354 g/mol. The van der Waals surface area contributed by atoms with E-state index in [0.717, 1.165) is 37.6 Å². The summed E-state index contributed by atoms with van der Waals surface area (Å²) in [4.78, 5) is 8.96. The van der Waals surface area contributed by atoms with Crippen molar-refractivity contribution >= 4 is 15.8 Å². The van der Waals surface area contributed by atoms with Gasteiger partial charge in [0, 0.05) is 50.0 Å². The molecule has 1 aliphatic rings. The van der Waals surface area contributed by atoms with Crippen LogP contribution in [0.5, 0.6) is 0 Å². The van der Waals surface area contributed by atoms with Crippen molar-refractivity contribution in [1.29, 1.82) is 0 Å². The topological polar surface area (TPSA) is 91.6 Å². The Hall–Kier alpha value is -1.97. The summed E-state index contributed by atoms with van der Waals surface area (Å²) in [6, 6.07) is 3.75. The third kappa shape index (κ3) is 4.40. The number of pyridine rings is 1. The molecule has 0 aromatic carbocycles. The minimum absolute atomic E-state index is 0.141. The highest BCUT2D eigenvalue weighted by Crippen LogP contribution is 2.20. The SMILES string of the molecule is Cc1noc(C)c1CS(=O)(=O)NCc1cccnc1N1CCN(C)CC1. The molecule has 1 aliphatic heterocycles. The van der Waals surface area contributed by atoms with Crippen molar-refractivity contribution in [2.75, 3.05) is 38.1 Å². The van der Waals surface area contributed by atoms with Gasteiger partial charge in [0.2, 0.25) is 10.0 Å². The summed E-state index contributed by atoms with van der Waals surface area (Å²) >= 11 is 0. The molecule has 0 unspecified atom stereocenters. The highest BCUT2D eigenvalue weighted by atomic mass is 32.2. The standard InChI is InChI=1S/C17H25N5O3S/c1-13-16(14(2)25-20-13)12-26(23,24)19-11-15-5-4-6-18-17(15)22-9-7-21(3)8-10-22/h4-6,19H,7-12H2,1-3H3. The van der Waals surface area contributed by atoms with E-state index in [0.29, 0.717) is 17.0 Å². The predicted octanol–water partition coefficient (Wildman–Crippen LogP) is 1.06. The number of rotatable bonds is 6. The molecule has 1 saturated heterocycles. The Kier molecular flexibility index (Phi) is 5.59. The van der Waals surface area contributed by atoms with Gasteiger partial charge in [-0.05, 0) is 27.0 Å². The first-order valence-corrected chi connectivity index (χ1v) is 10.3. The molecule has 2 aromatic rings. The predicted molar refractivity (Wildman–Crippen MR) is 99.4 cm³/mol. The Bertz CT molecular complexity index is 838. The molecule has 1 fully saturated rings. The lowest BCUT2D eigenvalue weighted by atomic mass is 10.2. The lowest BCUT2D eigenvalue weighted by Gasteiger charge is -2.34. The molecule has 0 spiro atoms. The average Bonchev–Trinajstić information content (AvgIpc) is 2.93. The van der Waals surface area contributed by atoms with Crippen LogP contribution in [0.3, 0.4) is 0 Å². The van der Waals surface area contributed by atoms with Crippen LogP contribution in [0, 0.1) is 13.8 Å². The minimum Gasteiger partial charge on any atom is -0.361 e. The summed E-state index contributed by atoms with van der Waals surface area (Å²) in [5.41, 5.74) is 2.09. The van der Waals surface area contributed by atoms with Gasteiger partial charge in [0.1, 0.15) is 11.6 Å². The quantitative estimate of drug-likeness (QED) is 0.802. The Morgan fingerprint density at radius 1 is 1.23 bits per heavy atom. The van der Waals surface area contributed by atoms with Crippen molar-refractivity contribution in [3.8, 4) is 0 Å².